The van der Waals surface area contributed by atoms with Gasteiger partial charge in [0.05, 0.1) is 9.36 Å². The van der Waals surface area contributed by atoms with Gasteiger partial charge in [-0.3, -0.25) is 4.79 Å². The van der Waals surface area contributed by atoms with Crippen LogP contribution in [0.15, 0.2) is 15.9 Å². The Bertz CT molecular complexity index is 990. The lowest BCUT2D eigenvalue weighted by atomic mass is 9.83. The van der Waals surface area contributed by atoms with Crippen LogP contribution in [0.2, 0.25) is 0 Å². The molecule has 0 aliphatic carbocycles. The van der Waals surface area contributed by atoms with E-state index in [1.54, 1.807) is 12.1 Å². The average molecular weight is 502 g/mol. The van der Waals surface area contributed by atoms with Crippen LogP contribution in [0.5, 0.6) is 0 Å². The predicted octanol–water partition coefficient (Wildman–Crippen LogP) is 4.73. The number of hydrogen-bond donors (Lipinski definition) is 2. The molecular formula is C19H19BrF3N5OS. The smallest absolute Gasteiger partial charge is 0.328 e. The van der Waals surface area contributed by atoms with E-state index in [2.05, 4.69) is 60.6 Å². The van der Waals surface area contributed by atoms with Crippen molar-refractivity contribution in [2.75, 3.05) is 0 Å². The molecule has 0 saturated heterocycles. The van der Waals surface area contributed by atoms with E-state index >= 15 is 0 Å². The van der Waals surface area contributed by atoms with E-state index in [9.17, 15) is 18.0 Å². The standard InChI is InChI=1S/C19H19BrF3N5OS/c1-2-3-4-5-6-7-10-18(19(21,22)23)11-12(13-8-9-14(20)30-13)15(17(29)24-18)16-25-27-28-26-16/h8-9H,2-6,11H2,1H3,(H,24,29)(H,25,26,27,28). The highest BCUT2D eigenvalue weighted by Gasteiger charge is 2.58. The second-order valence-corrected chi connectivity index (χ2v) is 9.32. The molecule has 3 heterocycles. The van der Waals surface area contributed by atoms with Crippen LogP contribution < -0.4 is 5.32 Å². The molecule has 0 saturated carbocycles. The zero-order chi connectivity index (χ0) is 21.8. The molecule has 3 rings (SSSR count). The number of aromatic nitrogens is 4. The highest BCUT2D eigenvalue weighted by Crippen LogP contribution is 2.45. The molecule has 2 aromatic heterocycles. The highest BCUT2D eigenvalue weighted by molar-refractivity contribution is 9.11. The zero-order valence-electron chi connectivity index (χ0n) is 16.1. The molecule has 2 aromatic rings. The first-order chi connectivity index (χ1) is 14.3. The van der Waals surface area contributed by atoms with Crippen molar-refractivity contribution < 1.29 is 18.0 Å². The molecule has 0 bridgehead atoms. The number of carbonyl (C=O) groups excluding carboxylic acids is 1. The summed E-state index contributed by atoms with van der Waals surface area (Å²) in [5.74, 6) is 4.08. The minimum atomic E-state index is -4.76. The largest absolute Gasteiger partial charge is 0.423 e. The average Bonchev–Trinajstić information content (AvgIpc) is 3.35. The Morgan fingerprint density at radius 1 is 1.30 bits per heavy atom. The van der Waals surface area contributed by atoms with Crippen molar-refractivity contribution in [3.63, 3.8) is 0 Å². The van der Waals surface area contributed by atoms with E-state index in [1.807, 2.05) is 0 Å². The number of alkyl halides is 3. The number of aromatic amines is 1. The summed E-state index contributed by atoms with van der Waals surface area (Å²) in [6, 6.07) is 3.37. The van der Waals surface area contributed by atoms with Crippen molar-refractivity contribution in [3.8, 4) is 11.8 Å². The second-order valence-electron chi connectivity index (χ2n) is 6.85. The first kappa shape index (κ1) is 22.5. The molecule has 1 atom stereocenters. The third kappa shape index (κ3) is 4.75. The SMILES string of the molecule is CCCCCCC#CC1(C(F)(F)F)CC(c2ccc(Br)s2)=C(c2nnn[nH]2)C(=O)N1. The number of halogens is 4. The molecule has 0 aromatic carbocycles. The van der Waals surface area contributed by atoms with Crippen LogP contribution in [0.3, 0.4) is 0 Å². The van der Waals surface area contributed by atoms with Crippen LogP contribution in [-0.2, 0) is 4.79 Å². The Morgan fingerprint density at radius 3 is 2.70 bits per heavy atom. The van der Waals surface area contributed by atoms with Crippen molar-refractivity contribution in [2.45, 2.75) is 57.2 Å². The molecule has 1 aliphatic rings. The van der Waals surface area contributed by atoms with Gasteiger partial charge in [-0.1, -0.05) is 32.1 Å². The van der Waals surface area contributed by atoms with E-state index in [1.165, 1.54) is 11.3 Å². The van der Waals surface area contributed by atoms with Crippen LogP contribution in [0, 0.1) is 11.8 Å². The number of carbonyl (C=O) groups is 1. The lowest BCUT2D eigenvalue weighted by Gasteiger charge is -2.36. The van der Waals surface area contributed by atoms with Crippen molar-refractivity contribution in [2.24, 2.45) is 0 Å². The number of nitrogens with zero attached hydrogens (tertiary/aromatic N) is 3. The first-order valence-corrected chi connectivity index (χ1v) is 11.0. The minimum Gasteiger partial charge on any atom is -0.328 e. The normalized spacial score (nSPS) is 19.4. The van der Waals surface area contributed by atoms with E-state index in [-0.39, 0.29) is 17.0 Å². The fourth-order valence-electron chi connectivity index (χ4n) is 3.16. The van der Waals surface area contributed by atoms with Crippen LogP contribution in [0.1, 0.15) is 56.2 Å². The first-order valence-electron chi connectivity index (χ1n) is 9.39. The predicted molar refractivity (Wildman–Crippen MR) is 111 cm³/mol. The number of H-pyrrole nitrogens is 1. The summed E-state index contributed by atoms with van der Waals surface area (Å²) in [4.78, 5) is 13.4. The van der Waals surface area contributed by atoms with Gasteiger partial charge in [0.1, 0.15) is 0 Å². The third-order valence-corrected chi connectivity index (χ3v) is 6.37. The van der Waals surface area contributed by atoms with Crippen molar-refractivity contribution in [1.82, 2.24) is 25.9 Å². The number of amides is 1. The molecule has 30 heavy (non-hydrogen) atoms. The zero-order valence-corrected chi connectivity index (χ0v) is 18.5. The Morgan fingerprint density at radius 2 is 2.10 bits per heavy atom. The maximum absolute atomic E-state index is 14.2. The molecule has 6 nitrogen and oxygen atoms in total. The molecule has 11 heteroatoms. The van der Waals surface area contributed by atoms with Gasteiger partial charge in [-0.25, -0.2) is 5.10 Å². The molecule has 2 N–H and O–H groups in total. The number of thiophene rings is 1. The number of rotatable bonds is 6. The van der Waals surface area contributed by atoms with Crippen LogP contribution in [0.4, 0.5) is 13.2 Å². The number of tetrazole rings is 1. The Hall–Kier alpha value is -2.19. The van der Waals surface area contributed by atoms with E-state index in [0.29, 0.717) is 11.3 Å². The summed E-state index contributed by atoms with van der Waals surface area (Å²) in [6.07, 6.45) is -1.28. The Balaban J connectivity index is 2.03. The molecule has 1 amide bonds. The molecular weight excluding hydrogens is 483 g/mol. The number of hydrogen-bond acceptors (Lipinski definition) is 5. The van der Waals surface area contributed by atoms with Gasteiger partial charge in [-0.2, -0.15) is 13.2 Å². The lowest BCUT2D eigenvalue weighted by Crippen LogP contribution is -2.60. The van der Waals surface area contributed by atoms with Crippen LogP contribution in [0.25, 0.3) is 11.1 Å². The van der Waals surface area contributed by atoms with Gasteiger partial charge in [-0.05, 0) is 50.5 Å². The molecule has 0 spiro atoms. The summed E-state index contributed by atoms with van der Waals surface area (Å²) in [5.41, 5.74) is -2.48. The van der Waals surface area contributed by atoms with E-state index in [0.717, 1.165) is 29.5 Å². The van der Waals surface area contributed by atoms with Gasteiger partial charge < -0.3 is 5.32 Å². The molecule has 160 valence electrons. The molecule has 1 unspecified atom stereocenters. The maximum Gasteiger partial charge on any atom is 0.423 e. The summed E-state index contributed by atoms with van der Waals surface area (Å²) in [7, 11) is 0. The summed E-state index contributed by atoms with van der Waals surface area (Å²) < 4.78 is 43.2. The summed E-state index contributed by atoms with van der Waals surface area (Å²) in [6.45, 7) is 2.06. The fraction of sp³-hybridized carbons (Fsp3) is 0.474. The van der Waals surface area contributed by atoms with Crippen LogP contribution in [-0.4, -0.2) is 38.2 Å². The minimum absolute atomic E-state index is 0.00956. The Kier molecular flexibility index (Phi) is 6.98. The fourth-order valence-corrected chi connectivity index (χ4v) is 4.60. The van der Waals surface area contributed by atoms with Gasteiger partial charge in [0.25, 0.3) is 5.91 Å². The molecule has 0 fully saturated rings. The third-order valence-electron chi connectivity index (χ3n) is 4.69. The Labute approximate surface area is 183 Å². The van der Waals surface area contributed by atoms with Gasteiger partial charge in [-0.15, -0.1) is 22.4 Å². The topological polar surface area (TPSA) is 83.6 Å². The summed E-state index contributed by atoms with van der Waals surface area (Å²) >= 11 is 4.55. The van der Waals surface area contributed by atoms with Gasteiger partial charge in [0.15, 0.2) is 5.82 Å². The van der Waals surface area contributed by atoms with Crippen molar-refractivity contribution >= 4 is 44.3 Å². The van der Waals surface area contributed by atoms with E-state index in [4.69, 9.17) is 0 Å². The maximum atomic E-state index is 14.2. The van der Waals surface area contributed by atoms with Gasteiger partial charge in [0, 0.05) is 17.7 Å². The van der Waals surface area contributed by atoms with Crippen molar-refractivity contribution in [1.29, 1.82) is 0 Å². The van der Waals surface area contributed by atoms with Gasteiger partial charge >= 0.3 is 6.18 Å². The highest BCUT2D eigenvalue weighted by atomic mass is 79.9. The number of unbranched alkanes of at least 4 members (excludes halogenated alkanes) is 4. The summed E-state index contributed by atoms with van der Waals surface area (Å²) in [5, 5.41) is 15.2. The quantitative estimate of drug-likeness (QED) is 0.442. The molecule has 1 aliphatic heterocycles. The van der Waals surface area contributed by atoms with Crippen LogP contribution >= 0.6 is 27.3 Å². The van der Waals surface area contributed by atoms with E-state index < -0.39 is 24.0 Å². The second kappa shape index (κ2) is 9.31. The van der Waals surface area contributed by atoms with Gasteiger partial charge in [0.2, 0.25) is 5.54 Å². The van der Waals surface area contributed by atoms with Crippen molar-refractivity contribution in [3.05, 3.63) is 26.6 Å². The lowest BCUT2D eigenvalue weighted by molar-refractivity contribution is -0.180. The number of nitrogens with one attached hydrogen (secondary N) is 2. The monoisotopic (exact) mass is 501 g/mol. The molecule has 0 radical (unpaired) electrons.